The zero-order chi connectivity index (χ0) is 24.1. The van der Waals surface area contributed by atoms with Gasteiger partial charge in [0.15, 0.2) is 5.43 Å². The predicted molar refractivity (Wildman–Crippen MR) is 130 cm³/mol. The van der Waals surface area contributed by atoms with Crippen molar-refractivity contribution in [3.05, 3.63) is 100 Å². The number of carbonyl (C=O) groups excluding carboxylic acids is 2. The number of methoxy groups -OCH3 is 2. The summed E-state index contributed by atoms with van der Waals surface area (Å²) in [6, 6.07) is 20.2. The molecule has 1 amide bonds. The summed E-state index contributed by atoms with van der Waals surface area (Å²) < 4.78 is 15.7. The SMILES string of the molecule is COC(=O)c1ccc(/C=C/C(=O)Nc2ccc(-c3cc(=O)c4cc(OC)ccc4o3)cc2)cc1. The number of rotatable bonds is 6. The average Bonchev–Trinajstić information content (AvgIpc) is 2.87. The quantitative estimate of drug-likeness (QED) is 0.328. The van der Waals surface area contributed by atoms with E-state index in [1.54, 1.807) is 72.8 Å². The fraction of sp³-hybridized carbons (Fsp3) is 0.0741. The minimum Gasteiger partial charge on any atom is -0.497 e. The van der Waals surface area contributed by atoms with Gasteiger partial charge in [0.25, 0.3) is 0 Å². The zero-order valence-corrected chi connectivity index (χ0v) is 18.5. The van der Waals surface area contributed by atoms with E-state index in [0.717, 1.165) is 5.56 Å². The largest absolute Gasteiger partial charge is 0.497 e. The normalized spacial score (nSPS) is 10.9. The second-order valence-electron chi connectivity index (χ2n) is 7.35. The van der Waals surface area contributed by atoms with Gasteiger partial charge in [-0.2, -0.15) is 0 Å². The Bertz CT molecular complexity index is 1430. The number of nitrogens with one attached hydrogen (secondary N) is 1. The molecule has 0 radical (unpaired) electrons. The topological polar surface area (TPSA) is 94.8 Å². The molecule has 1 heterocycles. The molecule has 0 fully saturated rings. The van der Waals surface area contributed by atoms with Crippen molar-refractivity contribution < 1.29 is 23.5 Å². The third-order valence-electron chi connectivity index (χ3n) is 5.13. The van der Waals surface area contributed by atoms with Crippen molar-refractivity contribution in [3.63, 3.8) is 0 Å². The van der Waals surface area contributed by atoms with Crippen LogP contribution in [0.2, 0.25) is 0 Å². The number of amides is 1. The van der Waals surface area contributed by atoms with Crippen molar-refractivity contribution >= 4 is 34.6 Å². The van der Waals surface area contributed by atoms with Gasteiger partial charge in [-0.25, -0.2) is 4.79 Å². The molecule has 1 N–H and O–H groups in total. The van der Waals surface area contributed by atoms with E-state index in [2.05, 4.69) is 10.1 Å². The standard InChI is InChI=1S/C27H21NO6/c1-32-21-12-13-24-22(15-21)23(29)16-25(34-24)18-8-10-20(11-9-18)28-26(30)14-5-17-3-6-19(7-4-17)27(31)33-2/h3-16H,1-2H3,(H,28,30)/b14-5+. The second-order valence-corrected chi connectivity index (χ2v) is 7.35. The Hall–Kier alpha value is -4.65. The minimum absolute atomic E-state index is 0.169. The van der Waals surface area contributed by atoms with Gasteiger partial charge < -0.3 is 19.2 Å². The lowest BCUT2D eigenvalue weighted by Gasteiger charge is -2.06. The maximum atomic E-state index is 12.5. The van der Waals surface area contributed by atoms with E-state index >= 15 is 0 Å². The Morgan fingerprint density at radius 3 is 2.32 bits per heavy atom. The molecule has 0 spiro atoms. The zero-order valence-electron chi connectivity index (χ0n) is 18.5. The van der Waals surface area contributed by atoms with Crippen LogP contribution in [0.15, 0.2) is 88.1 Å². The monoisotopic (exact) mass is 455 g/mol. The van der Waals surface area contributed by atoms with Crippen molar-refractivity contribution in [1.82, 2.24) is 0 Å². The molecule has 0 unspecified atom stereocenters. The van der Waals surface area contributed by atoms with Gasteiger partial charge in [0, 0.05) is 23.4 Å². The molecule has 4 rings (SSSR count). The summed E-state index contributed by atoms with van der Waals surface area (Å²) in [6.07, 6.45) is 3.04. The molecule has 0 bridgehead atoms. The maximum absolute atomic E-state index is 12.5. The number of esters is 1. The maximum Gasteiger partial charge on any atom is 0.337 e. The van der Waals surface area contributed by atoms with Crippen molar-refractivity contribution in [2.75, 3.05) is 19.5 Å². The Kier molecular flexibility index (Phi) is 6.54. The van der Waals surface area contributed by atoms with Crippen molar-refractivity contribution in [1.29, 1.82) is 0 Å². The van der Waals surface area contributed by atoms with Crippen LogP contribution in [-0.4, -0.2) is 26.1 Å². The molecule has 0 saturated heterocycles. The summed E-state index contributed by atoms with van der Waals surface area (Å²) in [5.74, 6) is 0.284. The average molecular weight is 455 g/mol. The second kappa shape index (κ2) is 9.87. The summed E-state index contributed by atoms with van der Waals surface area (Å²) >= 11 is 0. The van der Waals surface area contributed by atoms with E-state index in [0.29, 0.717) is 39.3 Å². The van der Waals surface area contributed by atoms with Crippen LogP contribution in [0.3, 0.4) is 0 Å². The highest BCUT2D eigenvalue weighted by molar-refractivity contribution is 6.02. The van der Waals surface area contributed by atoms with E-state index in [-0.39, 0.29) is 11.3 Å². The van der Waals surface area contributed by atoms with Crippen molar-refractivity contribution in [3.8, 4) is 17.1 Å². The van der Waals surface area contributed by atoms with Crippen LogP contribution in [0.25, 0.3) is 28.4 Å². The van der Waals surface area contributed by atoms with Crippen LogP contribution >= 0.6 is 0 Å². The first-order valence-electron chi connectivity index (χ1n) is 10.4. The molecule has 4 aromatic rings. The van der Waals surface area contributed by atoms with Crippen LogP contribution in [-0.2, 0) is 9.53 Å². The number of ether oxygens (including phenoxy) is 2. The molecular formula is C27H21NO6. The van der Waals surface area contributed by atoms with E-state index in [1.807, 2.05) is 0 Å². The molecule has 3 aromatic carbocycles. The summed E-state index contributed by atoms with van der Waals surface area (Å²) in [6.45, 7) is 0. The first-order valence-corrected chi connectivity index (χ1v) is 10.4. The molecule has 7 heteroatoms. The molecule has 0 aliphatic heterocycles. The lowest BCUT2D eigenvalue weighted by Crippen LogP contribution is -2.07. The number of hydrogen-bond donors (Lipinski definition) is 1. The molecule has 170 valence electrons. The van der Waals surface area contributed by atoms with Crippen molar-refractivity contribution in [2.45, 2.75) is 0 Å². The molecule has 0 saturated carbocycles. The number of hydrogen-bond acceptors (Lipinski definition) is 6. The molecule has 7 nitrogen and oxygen atoms in total. The highest BCUT2D eigenvalue weighted by Crippen LogP contribution is 2.25. The van der Waals surface area contributed by atoms with Crippen LogP contribution < -0.4 is 15.5 Å². The van der Waals surface area contributed by atoms with Gasteiger partial charge in [0.05, 0.1) is 25.2 Å². The number of anilines is 1. The van der Waals surface area contributed by atoms with Crippen LogP contribution in [0.4, 0.5) is 5.69 Å². The summed E-state index contributed by atoms with van der Waals surface area (Å²) in [4.78, 5) is 36.2. The number of benzene rings is 3. The molecule has 1 aromatic heterocycles. The Morgan fingerprint density at radius 1 is 0.912 bits per heavy atom. The first-order chi connectivity index (χ1) is 16.5. The lowest BCUT2D eigenvalue weighted by molar-refractivity contribution is -0.111. The third kappa shape index (κ3) is 5.05. The number of carbonyl (C=O) groups is 2. The van der Waals surface area contributed by atoms with E-state index < -0.39 is 5.97 Å². The van der Waals surface area contributed by atoms with Gasteiger partial charge in [-0.05, 0) is 66.2 Å². The van der Waals surface area contributed by atoms with Gasteiger partial charge in [0.2, 0.25) is 5.91 Å². The molecule has 34 heavy (non-hydrogen) atoms. The Morgan fingerprint density at radius 2 is 1.65 bits per heavy atom. The third-order valence-corrected chi connectivity index (χ3v) is 5.13. The van der Waals surface area contributed by atoms with Crippen LogP contribution in [0.5, 0.6) is 5.75 Å². The summed E-state index contributed by atoms with van der Waals surface area (Å²) in [5.41, 5.74) is 2.79. The number of fused-ring (bicyclic) bond motifs is 1. The van der Waals surface area contributed by atoms with E-state index in [4.69, 9.17) is 9.15 Å². The van der Waals surface area contributed by atoms with Crippen LogP contribution in [0, 0.1) is 0 Å². The molecule has 0 aliphatic rings. The minimum atomic E-state index is -0.417. The predicted octanol–water partition coefficient (Wildman–Crippen LogP) is 4.91. The van der Waals surface area contributed by atoms with Gasteiger partial charge in [0.1, 0.15) is 17.1 Å². The fourth-order valence-electron chi connectivity index (χ4n) is 3.33. The van der Waals surface area contributed by atoms with Crippen molar-refractivity contribution in [2.24, 2.45) is 0 Å². The highest BCUT2D eigenvalue weighted by Gasteiger charge is 2.09. The molecular weight excluding hydrogens is 434 g/mol. The smallest absolute Gasteiger partial charge is 0.337 e. The van der Waals surface area contributed by atoms with Gasteiger partial charge in [-0.15, -0.1) is 0 Å². The van der Waals surface area contributed by atoms with E-state index in [9.17, 15) is 14.4 Å². The highest BCUT2D eigenvalue weighted by atomic mass is 16.5. The van der Waals surface area contributed by atoms with Gasteiger partial charge in [-0.3, -0.25) is 9.59 Å². The fourth-order valence-corrected chi connectivity index (χ4v) is 3.33. The van der Waals surface area contributed by atoms with Gasteiger partial charge >= 0.3 is 5.97 Å². The lowest BCUT2D eigenvalue weighted by atomic mass is 10.1. The summed E-state index contributed by atoms with van der Waals surface area (Å²) in [7, 11) is 2.86. The molecule has 0 atom stereocenters. The molecule has 0 aliphatic carbocycles. The summed E-state index contributed by atoms with van der Waals surface area (Å²) in [5, 5.41) is 3.22. The van der Waals surface area contributed by atoms with Crippen LogP contribution in [0.1, 0.15) is 15.9 Å². The Balaban J connectivity index is 1.44. The van der Waals surface area contributed by atoms with Gasteiger partial charge in [-0.1, -0.05) is 12.1 Å². The van der Waals surface area contributed by atoms with E-state index in [1.165, 1.54) is 26.4 Å². The first kappa shape index (κ1) is 22.5. The Labute approximate surface area is 195 Å².